The molecule has 0 aliphatic carbocycles. The highest BCUT2D eigenvalue weighted by Gasteiger charge is 2.32. The van der Waals surface area contributed by atoms with E-state index < -0.39 is 12.0 Å². The Bertz CT molecular complexity index is 1620. The number of benzene rings is 4. The maximum atomic E-state index is 14.4. The highest BCUT2D eigenvalue weighted by Crippen LogP contribution is 2.26. The third-order valence-electron chi connectivity index (χ3n) is 8.53. The fourth-order valence-electron chi connectivity index (χ4n) is 6.30. The molecule has 2 amide bonds. The van der Waals surface area contributed by atoms with Crippen molar-refractivity contribution >= 4 is 33.4 Å². The summed E-state index contributed by atoms with van der Waals surface area (Å²) >= 11 is 0. The van der Waals surface area contributed by atoms with Crippen LogP contribution >= 0.6 is 0 Å². The van der Waals surface area contributed by atoms with Crippen molar-refractivity contribution in [1.82, 2.24) is 25.3 Å². The Balaban J connectivity index is 1.33. The molecule has 8 nitrogen and oxygen atoms in total. The molecule has 226 valence electrons. The van der Waals surface area contributed by atoms with Crippen molar-refractivity contribution in [1.29, 1.82) is 0 Å². The van der Waals surface area contributed by atoms with E-state index in [1.807, 2.05) is 36.2 Å². The van der Waals surface area contributed by atoms with Crippen molar-refractivity contribution in [3.8, 4) is 0 Å². The number of carbonyl (C=O) groups excluding carboxylic acids is 2. The molecule has 2 N–H and O–H groups in total. The Morgan fingerprint density at radius 1 is 0.864 bits per heavy atom. The number of hydrogen-bond donors (Lipinski definition) is 2. The average Bonchev–Trinajstić information content (AvgIpc) is 3.58. The van der Waals surface area contributed by atoms with Gasteiger partial charge in [0.25, 0.3) is 5.91 Å². The van der Waals surface area contributed by atoms with Gasteiger partial charge in [0.05, 0.1) is 25.2 Å². The number of hydrogen-bond acceptors (Lipinski definition) is 5. The Labute approximate surface area is 258 Å². The number of rotatable bonds is 11. The summed E-state index contributed by atoms with van der Waals surface area (Å²) in [5.74, 6) is -0.683. The van der Waals surface area contributed by atoms with Gasteiger partial charge in [-0.1, -0.05) is 84.9 Å². The van der Waals surface area contributed by atoms with Crippen molar-refractivity contribution in [2.75, 3.05) is 32.8 Å². The Hall–Kier alpha value is -4.53. The molecule has 0 saturated carbocycles. The third-order valence-corrected chi connectivity index (χ3v) is 8.53. The van der Waals surface area contributed by atoms with Crippen molar-refractivity contribution in [2.24, 2.45) is 5.92 Å². The molecule has 1 aliphatic rings. The van der Waals surface area contributed by atoms with E-state index in [1.54, 1.807) is 17.5 Å². The predicted molar refractivity (Wildman–Crippen MR) is 173 cm³/mol. The number of aromatic amines is 1. The number of carbonyl (C=O) groups is 2. The molecule has 0 spiro atoms. The highest BCUT2D eigenvalue weighted by atomic mass is 16.5. The number of fused-ring (bicyclic) bond motifs is 2. The largest absolute Gasteiger partial charge is 0.379 e. The number of H-pyrrole nitrogens is 1. The van der Waals surface area contributed by atoms with Gasteiger partial charge in [0.1, 0.15) is 6.04 Å². The van der Waals surface area contributed by atoms with Crippen LogP contribution in [0.1, 0.15) is 23.7 Å². The fraction of sp³-hybridized carbons (Fsp3) is 0.306. The second kappa shape index (κ2) is 13.8. The molecule has 1 unspecified atom stereocenters. The first-order valence-corrected chi connectivity index (χ1v) is 15.5. The molecule has 4 aromatic carbocycles. The lowest BCUT2D eigenvalue weighted by atomic mass is 9.87. The molecule has 0 bridgehead atoms. The number of amides is 2. The van der Waals surface area contributed by atoms with E-state index in [2.05, 4.69) is 75.9 Å². The van der Waals surface area contributed by atoms with Gasteiger partial charge in [-0.2, -0.15) is 0 Å². The fourth-order valence-corrected chi connectivity index (χ4v) is 6.30. The van der Waals surface area contributed by atoms with Gasteiger partial charge in [-0.15, -0.1) is 0 Å². The summed E-state index contributed by atoms with van der Waals surface area (Å²) in [5, 5.41) is 11.5. The van der Waals surface area contributed by atoms with Crippen LogP contribution in [0.25, 0.3) is 21.5 Å². The van der Waals surface area contributed by atoms with E-state index in [4.69, 9.17) is 4.74 Å². The zero-order chi connectivity index (χ0) is 30.3. The van der Waals surface area contributed by atoms with Gasteiger partial charge in [-0.25, -0.2) is 9.99 Å². The van der Waals surface area contributed by atoms with Crippen LogP contribution in [-0.4, -0.2) is 70.7 Å². The normalized spacial score (nSPS) is 14.6. The zero-order valence-electron chi connectivity index (χ0n) is 25.1. The molecule has 1 aliphatic heterocycles. The third kappa shape index (κ3) is 6.67. The second-order valence-corrected chi connectivity index (χ2v) is 11.3. The molecule has 1 saturated heterocycles. The molecule has 1 atom stereocenters. The van der Waals surface area contributed by atoms with Crippen LogP contribution in [0.2, 0.25) is 0 Å². The molecule has 6 rings (SSSR count). The first-order chi connectivity index (χ1) is 21.6. The number of likely N-dealkylation sites (N-methyl/N-ethyl adjacent to an activating group) is 1. The summed E-state index contributed by atoms with van der Waals surface area (Å²) in [6, 6.07) is 28.3. The van der Waals surface area contributed by atoms with E-state index in [1.165, 1.54) is 0 Å². The van der Waals surface area contributed by atoms with Crippen LogP contribution in [0, 0.1) is 5.92 Å². The van der Waals surface area contributed by atoms with Crippen LogP contribution < -0.4 is 5.32 Å². The summed E-state index contributed by atoms with van der Waals surface area (Å²) in [6.45, 7) is 4.86. The number of nitrogens with zero attached hydrogens (tertiary/aromatic N) is 3. The van der Waals surface area contributed by atoms with Crippen LogP contribution in [0.3, 0.4) is 0 Å². The molecule has 2 heterocycles. The number of hydrazine groups is 1. The lowest BCUT2D eigenvalue weighted by Gasteiger charge is -2.38. The summed E-state index contributed by atoms with van der Waals surface area (Å²) in [6.07, 6.45) is 4.76. The summed E-state index contributed by atoms with van der Waals surface area (Å²) in [7, 11) is 0. The first kappa shape index (κ1) is 29.5. The number of aromatic nitrogens is 2. The number of morpholine rings is 1. The monoisotopic (exact) mass is 589 g/mol. The van der Waals surface area contributed by atoms with Gasteiger partial charge in [0, 0.05) is 38.2 Å². The van der Waals surface area contributed by atoms with Crippen molar-refractivity contribution in [3.63, 3.8) is 0 Å². The number of imidazole rings is 1. The van der Waals surface area contributed by atoms with E-state index in [9.17, 15) is 9.59 Å². The van der Waals surface area contributed by atoms with Crippen LogP contribution in [0.5, 0.6) is 0 Å². The Morgan fingerprint density at radius 3 is 2.02 bits per heavy atom. The van der Waals surface area contributed by atoms with E-state index >= 15 is 0 Å². The maximum Gasteiger partial charge on any atom is 0.259 e. The second-order valence-electron chi connectivity index (χ2n) is 11.3. The molecule has 1 fully saturated rings. The average molecular weight is 590 g/mol. The van der Waals surface area contributed by atoms with Gasteiger partial charge < -0.3 is 15.0 Å². The van der Waals surface area contributed by atoms with Gasteiger partial charge >= 0.3 is 0 Å². The minimum absolute atomic E-state index is 0.139. The zero-order valence-corrected chi connectivity index (χ0v) is 25.1. The molecular weight excluding hydrogens is 550 g/mol. The lowest BCUT2D eigenvalue weighted by Crippen LogP contribution is -2.58. The SMILES string of the molecule is CCN(C(=O)C(Cc1c[nH]cn1)NC(=O)C(Cc1cccc2ccccc12)Cc1cccc2ccccc12)N1CCOCC1. The van der Waals surface area contributed by atoms with Gasteiger partial charge in [0.15, 0.2) is 0 Å². The Morgan fingerprint density at radius 2 is 1.45 bits per heavy atom. The molecular formula is C36H39N5O3. The quantitative estimate of drug-likeness (QED) is 0.228. The van der Waals surface area contributed by atoms with Crippen LogP contribution in [-0.2, 0) is 33.6 Å². The summed E-state index contributed by atoms with van der Waals surface area (Å²) < 4.78 is 5.53. The molecule has 0 radical (unpaired) electrons. The standard InChI is InChI=1S/C36H39N5O3/c1-2-41(40-17-19-44-20-18-40)36(43)34(23-31-24-37-25-38-31)39-35(42)30(21-28-13-7-11-26-9-3-5-15-32(26)28)22-29-14-8-12-27-10-4-6-16-33(27)29/h3-16,24-25,30,34H,2,17-23H2,1H3,(H,37,38)(H,39,42). The maximum absolute atomic E-state index is 14.4. The van der Waals surface area contributed by atoms with Crippen LogP contribution in [0.15, 0.2) is 97.5 Å². The van der Waals surface area contributed by atoms with E-state index in [0.29, 0.717) is 52.1 Å². The molecule has 1 aromatic heterocycles. The highest BCUT2D eigenvalue weighted by molar-refractivity contribution is 5.91. The summed E-state index contributed by atoms with van der Waals surface area (Å²) in [5.41, 5.74) is 2.95. The smallest absolute Gasteiger partial charge is 0.259 e. The van der Waals surface area contributed by atoms with E-state index in [-0.39, 0.29) is 11.8 Å². The summed E-state index contributed by atoms with van der Waals surface area (Å²) in [4.78, 5) is 35.9. The van der Waals surface area contributed by atoms with Gasteiger partial charge in [0.2, 0.25) is 5.91 Å². The van der Waals surface area contributed by atoms with Gasteiger partial charge in [-0.05, 0) is 52.4 Å². The molecule has 44 heavy (non-hydrogen) atoms. The predicted octanol–water partition coefficient (Wildman–Crippen LogP) is 4.94. The van der Waals surface area contributed by atoms with Crippen molar-refractivity contribution in [3.05, 3.63) is 114 Å². The number of ether oxygens (including phenoxy) is 1. The number of nitrogens with one attached hydrogen (secondary N) is 2. The topological polar surface area (TPSA) is 90.6 Å². The first-order valence-electron chi connectivity index (χ1n) is 15.5. The lowest BCUT2D eigenvalue weighted by molar-refractivity contribution is -0.159. The minimum atomic E-state index is -0.767. The van der Waals surface area contributed by atoms with Crippen molar-refractivity contribution in [2.45, 2.75) is 32.2 Å². The van der Waals surface area contributed by atoms with Crippen LogP contribution in [0.4, 0.5) is 0 Å². The Kier molecular flexibility index (Phi) is 9.29. The molecule has 8 heteroatoms. The minimum Gasteiger partial charge on any atom is -0.379 e. The van der Waals surface area contributed by atoms with Gasteiger partial charge in [-0.3, -0.25) is 14.6 Å². The van der Waals surface area contributed by atoms with E-state index in [0.717, 1.165) is 38.4 Å². The van der Waals surface area contributed by atoms with Crippen molar-refractivity contribution < 1.29 is 14.3 Å². The molecule has 5 aromatic rings.